The number of aliphatic hydroxyl groups is 1. The number of fused-ring (bicyclic) bond motifs is 6. The highest BCUT2D eigenvalue weighted by Crippen LogP contribution is 2.66. The van der Waals surface area contributed by atoms with Crippen molar-refractivity contribution in [2.24, 2.45) is 34.5 Å². The Morgan fingerprint density at radius 2 is 2.00 bits per heavy atom. The van der Waals surface area contributed by atoms with Gasteiger partial charge in [0.2, 0.25) is 0 Å². The van der Waals surface area contributed by atoms with Crippen molar-refractivity contribution in [2.45, 2.75) is 58.5 Å². The van der Waals surface area contributed by atoms with Gasteiger partial charge in [0.15, 0.2) is 5.05 Å². The smallest absolute Gasteiger partial charge is 0.170 e. The fraction of sp³-hybridized carbons (Fsp3) is 0.556. The van der Waals surface area contributed by atoms with E-state index in [9.17, 15) is 9.50 Å². The van der Waals surface area contributed by atoms with Crippen LogP contribution in [0.25, 0.3) is 6.08 Å². The van der Waals surface area contributed by atoms with Gasteiger partial charge in [0, 0.05) is 5.92 Å². The van der Waals surface area contributed by atoms with E-state index in [1.165, 1.54) is 23.3 Å². The minimum Gasteiger partial charge on any atom is -0.450 e. The molecule has 3 fully saturated rings. The van der Waals surface area contributed by atoms with E-state index in [0.29, 0.717) is 22.6 Å². The number of nitrogens with one attached hydrogen (secondary N) is 1. The summed E-state index contributed by atoms with van der Waals surface area (Å²) in [7, 11) is 0. The summed E-state index contributed by atoms with van der Waals surface area (Å²) in [4.78, 5) is 0. The number of hydrogen-bond acceptors (Lipinski definition) is 4. The summed E-state index contributed by atoms with van der Waals surface area (Å²) in [6.07, 6.45) is 9.88. The first kappa shape index (κ1) is 21.5. The van der Waals surface area contributed by atoms with Gasteiger partial charge in [-0.1, -0.05) is 19.4 Å². The van der Waals surface area contributed by atoms with Gasteiger partial charge in [-0.25, -0.2) is 4.39 Å². The van der Waals surface area contributed by atoms with Crippen molar-refractivity contribution < 1.29 is 14.2 Å². The van der Waals surface area contributed by atoms with Crippen LogP contribution in [0.1, 0.15) is 57.2 Å². The number of allylic oxidation sites excluding steroid dienone is 1. The minimum absolute atomic E-state index is 0.0241. The van der Waals surface area contributed by atoms with E-state index < -0.39 is 0 Å². The molecule has 4 aliphatic rings. The Hall–Kier alpha value is -2.05. The molecule has 7 atom stereocenters. The molecule has 4 aliphatic carbocycles. The Morgan fingerprint density at radius 3 is 2.79 bits per heavy atom. The van der Waals surface area contributed by atoms with Gasteiger partial charge in [-0.2, -0.15) is 5.10 Å². The van der Waals surface area contributed by atoms with Crippen molar-refractivity contribution >= 4 is 23.3 Å². The van der Waals surface area contributed by atoms with E-state index in [0.717, 1.165) is 44.2 Å². The summed E-state index contributed by atoms with van der Waals surface area (Å²) >= 11 is 5.79. The van der Waals surface area contributed by atoms with Crippen LogP contribution < -0.4 is 4.74 Å². The molecule has 174 valence electrons. The molecule has 0 bridgehead atoms. The van der Waals surface area contributed by atoms with Crippen LogP contribution in [0.15, 0.2) is 36.0 Å². The van der Waals surface area contributed by atoms with Crippen molar-refractivity contribution in [2.75, 3.05) is 0 Å². The summed E-state index contributed by atoms with van der Waals surface area (Å²) in [6.45, 7) is 4.68. The van der Waals surface area contributed by atoms with Crippen molar-refractivity contribution in [1.29, 1.82) is 0 Å². The van der Waals surface area contributed by atoms with E-state index in [1.54, 1.807) is 12.1 Å². The topological polar surface area (TPSA) is 58.1 Å². The third-order valence-corrected chi connectivity index (χ3v) is 9.98. The quantitative estimate of drug-likeness (QED) is 0.556. The van der Waals surface area contributed by atoms with Crippen LogP contribution in [0.3, 0.4) is 0 Å². The van der Waals surface area contributed by atoms with Gasteiger partial charge in [0.1, 0.15) is 11.6 Å². The van der Waals surface area contributed by atoms with Gasteiger partial charge in [-0.3, -0.25) is 5.10 Å². The molecule has 2 aromatic rings. The third-order valence-electron chi connectivity index (χ3n) is 9.61. The van der Waals surface area contributed by atoms with E-state index in [2.05, 4.69) is 30.1 Å². The number of benzene rings is 1. The average molecular weight is 467 g/mol. The molecular formula is C27H31FN2O2S. The minimum atomic E-state index is -0.368. The zero-order valence-corrected chi connectivity index (χ0v) is 20.0. The molecule has 0 aliphatic heterocycles. The molecule has 6 rings (SSSR count). The van der Waals surface area contributed by atoms with Gasteiger partial charge in [-0.05, 0) is 115 Å². The number of ether oxygens (including phenoxy) is 1. The van der Waals surface area contributed by atoms with Gasteiger partial charge in [-0.15, -0.1) is 0 Å². The number of aliphatic hydroxyl groups excluding tert-OH is 1. The summed E-state index contributed by atoms with van der Waals surface area (Å²) in [5.74, 6) is 1.68. The maximum absolute atomic E-state index is 13.3. The van der Waals surface area contributed by atoms with Crippen LogP contribution in [0.2, 0.25) is 0 Å². The number of halogens is 1. The standard InChI is InChI=1S/C27H31FN2O2S/c1-26-12-15-14-29-30-22(15)11-16(26)3-8-19-20-9-10-21(27(20,2)13-23(31)24(19)26)25(33)32-18-6-4-17(28)5-7-18/h4-7,11,14,19-21,23-24,31H,3,8-10,12-13H2,1-2H3,(H,29,30). The summed E-state index contributed by atoms with van der Waals surface area (Å²) in [5.41, 5.74) is 3.77. The van der Waals surface area contributed by atoms with Crippen LogP contribution >= 0.6 is 12.2 Å². The number of nitrogens with zero attached hydrogens (tertiary/aromatic N) is 1. The molecule has 6 heteroatoms. The first-order chi connectivity index (χ1) is 15.8. The predicted octanol–water partition coefficient (Wildman–Crippen LogP) is 5.72. The second-order valence-electron chi connectivity index (χ2n) is 11.2. The van der Waals surface area contributed by atoms with E-state index in [-0.39, 0.29) is 34.6 Å². The van der Waals surface area contributed by atoms with Crippen molar-refractivity contribution in [1.82, 2.24) is 10.2 Å². The lowest BCUT2D eigenvalue weighted by atomic mass is 9.46. The van der Waals surface area contributed by atoms with Gasteiger partial charge >= 0.3 is 0 Å². The number of aromatic amines is 1. The van der Waals surface area contributed by atoms with Crippen LogP contribution in [-0.4, -0.2) is 26.5 Å². The summed E-state index contributed by atoms with van der Waals surface area (Å²) < 4.78 is 19.3. The highest BCUT2D eigenvalue weighted by molar-refractivity contribution is 7.80. The average Bonchev–Trinajstić information content (AvgIpc) is 3.35. The number of H-pyrrole nitrogens is 1. The first-order valence-electron chi connectivity index (χ1n) is 12.2. The fourth-order valence-electron chi connectivity index (χ4n) is 8.18. The Morgan fingerprint density at radius 1 is 1.21 bits per heavy atom. The zero-order chi connectivity index (χ0) is 23.0. The molecule has 1 heterocycles. The lowest BCUT2D eigenvalue weighted by Crippen LogP contribution is -2.57. The molecule has 4 nitrogen and oxygen atoms in total. The van der Waals surface area contributed by atoms with Gasteiger partial charge in [0.25, 0.3) is 0 Å². The summed E-state index contributed by atoms with van der Waals surface area (Å²) in [6, 6.07) is 6.06. The van der Waals surface area contributed by atoms with Crippen molar-refractivity contribution in [3.63, 3.8) is 0 Å². The maximum Gasteiger partial charge on any atom is 0.170 e. The predicted molar refractivity (Wildman–Crippen MR) is 129 cm³/mol. The Bertz CT molecular complexity index is 1130. The number of thiocarbonyl (C=S) groups is 1. The fourth-order valence-corrected chi connectivity index (χ4v) is 8.66. The number of aromatic nitrogens is 2. The highest BCUT2D eigenvalue weighted by atomic mass is 32.1. The molecule has 7 unspecified atom stereocenters. The molecule has 0 amide bonds. The highest BCUT2D eigenvalue weighted by Gasteiger charge is 2.62. The van der Waals surface area contributed by atoms with Crippen LogP contribution in [0.5, 0.6) is 5.75 Å². The molecule has 3 saturated carbocycles. The SMILES string of the molecule is CC12Cc3cn[nH]c3C=C1CCC1C2C(O)CC2(C)C(C(=S)Oc3ccc(F)cc3)CCC12. The van der Waals surface area contributed by atoms with Crippen LogP contribution in [0.4, 0.5) is 4.39 Å². The van der Waals surface area contributed by atoms with E-state index in [4.69, 9.17) is 17.0 Å². The van der Waals surface area contributed by atoms with Gasteiger partial charge in [0.05, 0.1) is 18.0 Å². The molecular weight excluding hydrogens is 435 g/mol. The number of rotatable bonds is 2. The number of hydrogen-bond donors (Lipinski definition) is 2. The zero-order valence-electron chi connectivity index (χ0n) is 19.2. The van der Waals surface area contributed by atoms with Crippen molar-refractivity contribution in [3.05, 3.63) is 53.1 Å². The lowest BCUT2D eigenvalue weighted by molar-refractivity contribution is -0.120. The largest absolute Gasteiger partial charge is 0.450 e. The molecule has 0 saturated heterocycles. The van der Waals surface area contributed by atoms with E-state index in [1.807, 2.05) is 6.20 Å². The molecule has 1 aromatic heterocycles. The molecule has 0 radical (unpaired) electrons. The first-order valence-corrected chi connectivity index (χ1v) is 12.6. The molecule has 33 heavy (non-hydrogen) atoms. The Balaban J connectivity index is 1.28. The molecule has 1 aromatic carbocycles. The lowest BCUT2D eigenvalue weighted by Gasteiger charge is -2.59. The second-order valence-corrected chi connectivity index (χ2v) is 11.6. The second kappa shape index (κ2) is 7.47. The third kappa shape index (κ3) is 3.17. The van der Waals surface area contributed by atoms with E-state index >= 15 is 0 Å². The Labute approximate surface area is 199 Å². The monoisotopic (exact) mass is 466 g/mol. The summed E-state index contributed by atoms with van der Waals surface area (Å²) in [5, 5.41) is 19.7. The van der Waals surface area contributed by atoms with Gasteiger partial charge < -0.3 is 9.84 Å². The molecule has 0 spiro atoms. The molecule has 2 N–H and O–H groups in total. The maximum atomic E-state index is 13.3. The Kier molecular flexibility index (Phi) is 4.87. The normalized spacial score (nSPS) is 39.0. The van der Waals surface area contributed by atoms with Crippen LogP contribution in [-0.2, 0) is 6.42 Å². The van der Waals surface area contributed by atoms with Crippen molar-refractivity contribution in [3.8, 4) is 5.75 Å². The van der Waals surface area contributed by atoms with Crippen LogP contribution in [0, 0.1) is 40.3 Å².